The molecule has 134 valence electrons. The number of ether oxygens (including phenoxy) is 1. The molecule has 0 radical (unpaired) electrons. The van der Waals surface area contributed by atoms with Gasteiger partial charge in [0.2, 0.25) is 0 Å². The van der Waals surface area contributed by atoms with Gasteiger partial charge >= 0.3 is 6.09 Å². The number of piperazine rings is 1. The van der Waals surface area contributed by atoms with Crippen molar-refractivity contribution < 1.29 is 27.8 Å². The molecule has 0 unspecified atom stereocenters. The van der Waals surface area contributed by atoms with Crippen molar-refractivity contribution in [3.05, 3.63) is 29.1 Å². The van der Waals surface area contributed by atoms with E-state index in [1.807, 2.05) is 0 Å². The first kappa shape index (κ1) is 18.4. The highest BCUT2D eigenvalue weighted by atomic mass is 19.2. The number of anilines is 1. The first-order valence-corrected chi connectivity index (χ1v) is 7.64. The Hall–Kier alpha value is -1.96. The van der Waals surface area contributed by atoms with E-state index in [4.69, 9.17) is 9.84 Å². The third-order valence-corrected chi connectivity index (χ3v) is 3.66. The monoisotopic (exact) mass is 346 g/mol. The molecule has 1 aliphatic rings. The molecule has 0 aromatic heterocycles. The molecule has 5 nitrogen and oxygen atoms in total. The first-order valence-electron chi connectivity index (χ1n) is 7.64. The highest BCUT2D eigenvalue weighted by Gasteiger charge is 2.28. The van der Waals surface area contributed by atoms with Crippen LogP contribution in [0.1, 0.15) is 26.3 Å². The summed E-state index contributed by atoms with van der Waals surface area (Å²) < 4.78 is 46.6. The number of hydrogen-bond donors (Lipinski definition) is 1. The van der Waals surface area contributed by atoms with Gasteiger partial charge in [0.1, 0.15) is 5.60 Å². The summed E-state index contributed by atoms with van der Waals surface area (Å²) in [6, 6.07) is 0.771. The Bertz CT molecular complexity index is 624. The van der Waals surface area contributed by atoms with Crippen LogP contribution in [-0.4, -0.2) is 47.9 Å². The standard InChI is InChI=1S/C16H21F3N2O3/c1-16(2,3)24-15(23)21-6-4-20(5-7-21)12-8-11(17)13(18)10(9-22)14(12)19/h8,22H,4-7,9H2,1-3H3. The van der Waals surface area contributed by atoms with Gasteiger partial charge in [-0.05, 0) is 20.8 Å². The Kier molecular flexibility index (Phi) is 5.27. The maximum absolute atomic E-state index is 14.3. The molecule has 24 heavy (non-hydrogen) atoms. The van der Waals surface area contributed by atoms with Crippen molar-refractivity contribution in [3.8, 4) is 0 Å². The summed E-state index contributed by atoms with van der Waals surface area (Å²) in [6.07, 6.45) is -0.469. The molecule has 0 atom stereocenters. The molecule has 1 aliphatic heterocycles. The van der Waals surface area contributed by atoms with E-state index in [1.54, 1.807) is 20.8 Å². The molecule has 2 rings (SSSR count). The summed E-state index contributed by atoms with van der Waals surface area (Å²) in [5, 5.41) is 9.03. The Labute approximate surface area is 138 Å². The number of hydrogen-bond acceptors (Lipinski definition) is 4. The Balaban J connectivity index is 2.10. The number of carbonyl (C=O) groups is 1. The van der Waals surface area contributed by atoms with Crippen LogP contribution >= 0.6 is 0 Å². The molecule has 0 saturated carbocycles. The maximum atomic E-state index is 14.3. The van der Waals surface area contributed by atoms with Crippen LogP contribution in [0.25, 0.3) is 0 Å². The van der Waals surface area contributed by atoms with Crippen LogP contribution in [0.5, 0.6) is 0 Å². The second-order valence-corrected chi connectivity index (χ2v) is 6.60. The third kappa shape index (κ3) is 3.92. The second-order valence-electron chi connectivity index (χ2n) is 6.60. The van der Waals surface area contributed by atoms with Crippen LogP contribution in [0.4, 0.5) is 23.7 Å². The first-order chi connectivity index (χ1) is 11.1. The minimum atomic E-state index is -1.38. The minimum Gasteiger partial charge on any atom is -0.444 e. The summed E-state index contributed by atoms with van der Waals surface area (Å²) in [6.45, 7) is 5.36. The van der Waals surface area contributed by atoms with E-state index in [9.17, 15) is 18.0 Å². The van der Waals surface area contributed by atoms with Gasteiger partial charge in [0.05, 0.1) is 17.9 Å². The smallest absolute Gasteiger partial charge is 0.410 e. The average molecular weight is 346 g/mol. The lowest BCUT2D eigenvalue weighted by Gasteiger charge is -2.37. The van der Waals surface area contributed by atoms with Crippen LogP contribution in [0.3, 0.4) is 0 Å². The summed E-state index contributed by atoms with van der Waals surface area (Å²) in [4.78, 5) is 15.0. The molecule has 0 aliphatic carbocycles. The molecular formula is C16H21F3N2O3. The third-order valence-electron chi connectivity index (χ3n) is 3.66. The lowest BCUT2D eigenvalue weighted by atomic mass is 10.1. The van der Waals surface area contributed by atoms with E-state index in [-0.39, 0.29) is 31.9 Å². The lowest BCUT2D eigenvalue weighted by molar-refractivity contribution is 0.0240. The summed E-state index contributed by atoms with van der Waals surface area (Å²) in [7, 11) is 0. The Morgan fingerprint density at radius 1 is 1.17 bits per heavy atom. The number of carbonyl (C=O) groups excluding carboxylic acids is 1. The number of rotatable bonds is 2. The van der Waals surface area contributed by atoms with Crippen LogP contribution in [0, 0.1) is 17.5 Å². The molecule has 1 aromatic rings. The van der Waals surface area contributed by atoms with Gasteiger partial charge in [-0.25, -0.2) is 18.0 Å². The molecule has 1 heterocycles. The van der Waals surface area contributed by atoms with Gasteiger partial charge in [0.15, 0.2) is 17.5 Å². The zero-order chi connectivity index (χ0) is 18.1. The molecule has 0 bridgehead atoms. The molecule has 0 spiro atoms. The number of nitrogens with zero attached hydrogens (tertiary/aromatic N) is 2. The van der Waals surface area contributed by atoms with Gasteiger partial charge < -0.3 is 19.6 Å². The number of amides is 1. The zero-order valence-corrected chi connectivity index (χ0v) is 13.9. The van der Waals surface area contributed by atoms with E-state index in [2.05, 4.69) is 0 Å². The molecule has 1 saturated heterocycles. The van der Waals surface area contributed by atoms with Crippen molar-refractivity contribution in [3.63, 3.8) is 0 Å². The van der Waals surface area contributed by atoms with Crippen molar-refractivity contribution in [1.29, 1.82) is 0 Å². The van der Waals surface area contributed by atoms with E-state index in [1.165, 1.54) is 9.80 Å². The van der Waals surface area contributed by atoms with Crippen molar-refractivity contribution in [2.75, 3.05) is 31.1 Å². The fraction of sp³-hybridized carbons (Fsp3) is 0.562. The normalized spacial score (nSPS) is 15.6. The van der Waals surface area contributed by atoms with Gasteiger partial charge in [0.25, 0.3) is 0 Å². The van der Waals surface area contributed by atoms with Crippen LogP contribution in [0.15, 0.2) is 6.07 Å². The Morgan fingerprint density at radius 2 is 1.75 bits per heavy atom. The van der Waals surface area contributed by atoms with E-state index >= 15 is 0 Å². The summed E-state index contributed by atoms with van der Waals surface area (Å²) in [5.41, 5.74) is -1.43. The topological polar surface area (TPSA) is 53.0 Å². The van der Waals surface area contributed by atoms with Crippen LogP contribution in [-0.2, 0) is 11.3 Å². The van der Waals surface area contributed by atoms with Gasteiger partial charge in [-0.15, -0.1) is 0 Å². The highest BCUT2D eigenvalue weighted by molar-refractivity contribution is 5.68. The van der Waals surface area contributed by atoms with Gasteiger partial charge in [-0.1, -0.05) is 0 Å². The molecular weight excluding hydrogens is 325 g/mol. The van der Waals surface area contributed by atoms with Crippen LogP contribution < -0.4 is 4.90 Å². The van der Waals surface area contributed by atoms with E-state index in [0.29, 0.717) is 0 Å². The van der Waals surface area contributed by atoms with E-state index < -0.39 is 41.3 Å². The fourth-order valence-electron chi connectivity index (χ4n) is 2.47. The van der Waals surface area contributed by atoms with Gasteiger partial charge in [-0.2, -0.15) is 0 Å². The van der Waals surface area contributed by atoms with Crippen molar-refractivity contribution in [2.45, 2.75) is 33.0 Å². The zero-order valence-electron chi connectivity index (χ0n) is 13.9. The van der Waals surface area contributed by atoms with Crippen LogP contribution in [0.2, 0.25) is 0 Å². The number of benzene rings is 1. The Morgan fingerprint density at radius 3 is 2.25 bits per heavy atom. The predicted octanol–water partition coefficient (Wildman–Crippen LogP) is 2.65. The predicted molar refractivity (Wildman–Crippen MR) is 82.3 cm³/mol. The van der Waals surface area contributed by atoms with Crippen molar-refractivity contribution in [2.24, 2.45) is 0 Å². The molecule has 1 N–H and O–H groups in total. The van der Waals surface area contributed by atoms with Gasteiger partial charge in [0, 0.05) is 32.2 Å². The lowest BCUT2D eigenvalue weighted by Crippen LogP contribution is -2.50. The number of aliphatic hydroxyl groups excluding tert-OH is 1. The molecule has 1 fully saturated rings. The number of aliphatic hydroxyl groups is 1. The molecule has 8 heteroatoms. The molecule has 1 aromatic carbocycles. The minimum absolute atomic E-state index is 0.123. The quantitative estimate of drug-likeness (QED) is 0.837. The number of halogens is 3. The average Bonchev–Trinajstić information content (AvgIpc) is 2.50. The van der Waals surface area contributed by atoms with E-state index in [0.717, 1.165) is 6.07 Å². The molecule has 1 amide bonds. The highest BCUT2D eigenvalue weighted by Crippen LogP contribution is 2.28. The second kappa shape index (κ2) is 6.88. The summed E-state index contributed by atoms with van der Waals surface area (Å²) >= 11 is 0. The summed E-state index contributed by atoms with van der Waals surface area (Å²) in [5.74, 6) is -3.58. The fourth-order valence-corrected chi connectivity index (χ4v) is 2.47. The van der Waals surface area contributed by atoms with Crippen molar-refractivity contribution in [1.82, 2.24) is 4.90 Å². The SMILES string of the molecule is CC(C)(C)OC(=O)N1CCN(c2cc(F)c(F)c(CO)c2F)CC1. The van der Waals surface area contributed by atoms with Crippen molar-refractivity contribution >= 4 is 11.8 Å². The maximum Gasteiger partial charge on any atom is 0.410 e. The largest absolute Gasteiger partial charge is 0.444 e. The van der Waals surface area contributed by atoms with Gasteiger partial charge in [-0.3, -0.25) is 0 Å².